The summed E-state index contributed by atoms with van der Waals surface area (Å²) < 4.78 is 5.19. The van der Waals surface area contributed by atoms with Gasteiger partial charge < -0.3 is 10.1 Å². The molecule has 0 aliphatic carbocycles. The van der Waals surface area contributed by atoms with Crippen molar-refractivity contribution in [3.8, 4) is 11.8 Å². The van der Waals surface area contributed by atoms with Gasteiger partial charge in [0.1, 0.15) is 23.1 Å². The summed E-state index contributed by atoms with van der Waals surface area (Å²) in [5.74, 6) is -1.56. The molecule has 0 fully saturated rings. The molecule has 0 atom stereocenters. The molecule has 1 N–H and O–H groups in total. The summed E-state index contributed by atoms with van der Waals surface area (Å²) in [6.07, 6.45) is 1.24. The lowest BCUT2D eigenvalue weighted by atomic mass is 10.1. The van der Waals surface area contributed by atoms with E-state index in [0.29, 0.717) is 5.56 Å². The Morgan fingerprint density at radius 3 is 2.34 bits per heavy atom. The lowest BCUT2D eigenvalue weighted by molar-refractivity contribution is -0.384. The summed E-state index contributed by atoms with van der Waals surface area (Å²) in [6.45, 7) is 0. The van der Waals surface area contributed by atoms with Gasteiger partial charge in [-0.3, -0.25) is 25.0 Å². The Balaban J connectivity index is 1.73. The Labute approximate surface area is 202 Å². The number of hydrogen-bond acceptors (Lipinski definition) is 8. The third kappa shape index (κ3) is 6.25. The normalized spacial score (nSPS) is 10.7. The van der Waals surface area contributed by atoms with Gasteiger partial charge in [-0.1, -0.05) is 29.8 Å². The molecule has 3 aromatic rings. The third-order valence-electron chi connectivity index (χ3n) is 4.46. The molecule has 12 heteroatoms. The SMILES string of the molecule is N#CC(=Cc1ccc(OC(=O)c2cccc([N+](=O)[O-])c2)cc1)C(=O)Nc1ccc(Cl)cc1[N+](=O)[O-]. The number of ether oxygens (including phenoxy) is 1. The number of halogens is 1. The number of anilines is 1. The van der Waals surface area contributed by atoms with Crippen LogP contribution in [-0.4, -0.2) is 21.7 Å². The number of nitriles is 1. The Hall–Kier alpha value is -5.08. The second-order valence-electron chi connectivity index (χ2n) is 6.81. The summed E-state index contributed by atoms with van der Waals surface area (Å²) in [4.78, 5) is 45.4. The molecular formula is C23H13ClN4O7. The molecule has 0 saturated carbocycles. The zero-order valence-corrected chi connectivity index (χ0v) is 18.3. The smallest absolute Gasteiger partial charge is 0.343 e. The van der Waals surface area contributed by atoms with Gasteiger partial charge in [0.15, 0.2) is 0 Å². The number of benzene rings is 3. The summed E-state index contributed by atoms with van der Waals surface area (Å²) in [6, 6.07) is 16.2. The highest BCUT2D eigenvalue weighted by molar-refractivity contribution is 6.31. The van der Waals surface area contributed by atoms with Crippen LogP contribution in [0.2, 0.25) is 5.02 Å². The zero-order valence-electron chi connectivity index (χ0n) is 17.5. The van der Waals surface area contributed by atoms with E-state index in [9.17, 15) is 35.1 Å². The monoisotopic (exact) mass is 492 g/mol. The second-order valence-corrected chi connectivity index (χ2v) is 7.24. The maximum absolute atomic E-state index is 12.5. The fraction of sp³-hybridized carbons (Fsp3) is 0. The first-order valence-corrected chi connectivity index (χ1v) is 9.99. The predicted octanol–water partition coefficient (Wildman–Crippen LogP) is 4.92. The minimum atomic E-state index is -0.876. The van der Waals surface area contributed by atoms with Crippen LogP contribution in [0.1, 0.15) is 15.9 Å². The van der Waals surface area contributed by atoms with Crippen molar-refractivity contribution in [2.24, 2.45) is 0 Å². The number of amides is 1. The van der Waals surface area contributed by atoms with Crippen LogP contribution in [0, 0.1) is 31.6 Å². The molecule has 0 aliphatic heterocycles. The predicted molar refractivity (Wildman–Crippen MR) is 125 cm³/mol. The summed E-state index contributed by atoms with van der Waals surface area (Å²) in [7, 11) is 0. The quantitative estimate of drug-likeness (QED) is 0.121. The van der Waals surface area contributed by atoms with Gasteiger partial charge >= 0.3 is 5.97 Å². The number of esters is 1. The maximum Gasteiger partial charge on any atom is 0.343 e. The minimum absolute atomic E-state index is 0.0112. The van der Waals surface area contributed by atoms with E-state index in [1.807, 2.05) is 0 Å². The van der Waals surface area contributed by atoms with Crippen molar-refractivity contribution in [2.75, 3.05) is 5.32 Å². The van der Waals surface area contributed by atoms with E-state index in [0.717, 1.165) is 12.1 Å². The molecule has 0 radical (unpaired) electrons. The topological polar surface area (TPSA) is 165 Å². The van der Waals surface area contributed by atoms with Crippen molar-refractivity contribution >= 4 is 46.6 Å². The van der Waals surface area contributed by atoms with Crippen LogP contribution < -0.4 is 10.1 Å². The molecule has 0 spiro atoms. The highest BCUT2D eigenvalue weighted by atomic mass is 35.5. The molecule has 0 aromatic heterocycles. The van der Waals surface area contributed by atoms with E-state index in [1.54, 1.807) is 6.07 Å². The van der Waals surface area contributed by atoms with Gasteiger partial charge in [0, 0.05) is 23.2 Å². The summed E-state index contributed by atoms with van der Waals surface area (Å²) >= 11 is 5.75. The van der Waals surface area contributed by atoms with E-state index in [4.69, 9.17) is 16.3 Å². The Morgan fingerprint density at radius 1 is 1.00 bits per heavy atom. The molecule has 0 unspecified atom stereocenters. The van der Waals surface area contributed by atoms with Gasteiger partial charge in [0.2, 0.25) is 0 Å². The van der Waals surface area contributed by atoms with Gasteiger partial charge in [0.05, 0.1) is 15.4 Å². The van der Waals surface area contributed by atoms with Crippen LogP contribution in [-0.2, 0) is 4.79 Å². The zero-order chi connectivity index (χ0) is 25.5. The summed E-state index contributed by atoms with van der Waals surface area (Å²) in [5, 5.41) is 33.8. The van der Waals surface area contributed by atoms with Gasteiger partial charge in [-0.05, 0) is 42.0 Å². The lowest BCUT2D eigenvalue weighted by Crippen LogP contribution is -2.14. The number of nitrogens with one attached hydrogen (secondary N) is 1. The first-order chi connectivity index (χ1) is 16.7. The molecule has 0 saturated heterocycles. The number of nitro benzene ring substituents is 2. The van der Waals surface area contributed by atoms with Crippen molar-refractivity contribution in [2.45, 2.75) is 0 Å². The molecule has 3 aromatic carbocycles. The largest absolute Gasteiger partial charge is 0.423 e. The van der Waals surface area contributed by atoms with E-state index >= 15 is 0 Å². The third-order valence-corrected chi connectivity index (χ3v) is 4.70. The van der Waals surface area contributed by atoms with Crippen LogP contribution in [0.25, 0.3) is 6.08 Å². The number of carbonyl (C=O) groups is 2. The van der Waals surface area contributed by atoms with Crippen molar-refractivity contribution in [3.05, 3.63) is 109 Å². The van der Waals surface area contributed by atoms with Gasteiger partial charge in [0.25, 0.3) is 17.3 Å². The highest BCUT2D eigenvalue weighted by Gasteiger charge is 2.19. The number of nitro groups is 2. The Morgan fingerprint density at radius 2 is 1.71 bits per heavy atom. The van der Waals surface area contributed by atoms with Crippen LogP contribution in [0.3, 0.4) is 0 Å². The van der Waals surface area contributed by atoms with Crippen LogP contribution in [0.4, 0.5) is 17.1 Å². The van der Waals surface area contributed by atoms with E-state index in [2.05, 4.69) is 5.32 Å². The molecule has 35 heavy (non-hydrogen) atoms. The molecule has 1 amide bonds. The minimum Gasteiger partial charge on any atom is -0.423 e. The Kier molecular flexibility index (Phi) is 7.50. The van der Waals surface area contributed by atoms with Gasteiger partial charge in [-0.2, -0.15) is 5.26 Å². The van der Waals surface area contributed by atoms with Crippen LogP contribution in [0.15, 0.2) is 72.3 Å². The van der Waals surface area contributed by atoms with Crippen molar-refractivity contribution in [3.63, 3.8) is 0 Å². The van der Waals surface area contributed by atoms with Crippen LogP contribution >= 0.6 is 11.6 Å². The first kappa shape index (κ1) is 24.6. The van der Waals surface area contributed by atoms with E-state index < -0.39 is 27.4 Å². The average molecular weight is 493 g/mol. The van der Waals surface area contributed by atoms with Crippen LogP contribution in [0.5, 0.6) is 5.75 Å². The molecular weight excluding hydrogens is 480 g/mol. The average Bonchev–Trinajstić information content (AvgIpc) is 2.84. The maximum atomic E-state index is 12.5. The van der Waals surface area contributed by atoms with Crippen molar-refractivity contribution in [1.82, 2.24) is 0 Å². The molecule has 3 rings (SSSR count). The number of non-ortho nitro benzene ring substituents is 1. The standard InChI is InChI=1S/C23H13ClN4O7/c24-17-6-9-20(21(12-17)28(33)34)26-22(29)16(13-25)10-14-4-7-19(8-5-14)35-23(30)15-2-1-3-18(11-15)27(31)32/h1-12H,(H,26,29). The highest BCUT2D eigenvalue weighted by Crippen LogP contribution is 2.28. The number of nitrogens with zero attached hydrogens (tertiary/aromatic N) is 3. The molecule has 0 heterocycles. The first-order valence-electron chi connectivity index (χ1n) is 9.61. The van der Waals surface area contributed by atoms with Gasteiger partial charge in [-0.25, -0.2) is 4.79 Å². The van der Waals surface area contributed by atoms with E-state index in [1.165, 1.54) is 60.7 Å². The fourth-order valence-corrected chi connectivity index (χ4v) is 2.98. The number of hydrogen-bond donors (Lipinski definition) is 1. The van der Waals surface area contributed by atoms with Crippen molar-refractivity contribution in [1.29, 1.82) is 5.26 Å². The fourth-order valence-electron chi connectivity index (χ4n) is 2.81. The van der Waals surface area contributed by atoms with E-state index in [-0.39, 0.29) is 33.3 Å². The van der Waals surface area contributed by atoms with Gasteiger partial charge in [-0.15, -0.1) is 0 Å². The number of carbonyl (C=O) groups excluding carboxylic acids is 2. The molecule has 0 bridgehead atoms. The Bertz CT molecular complexity index is 1410. The molecule has 0 aliphatic rings. The lowest BCUT2D eigenvalue weighted by Gasteiger charge is -2.06. The van der Waals surface area contributed by atoms with Crippen molar-refractivity contribution < 1.29 is 24.2 Å². The second kappa shape index (κ2) is 10.7. The number of rotatable bonds is 7. The summed E-state index contributed by atoms with van der Waals surface area (Å²) in [5.41, 5.74) is -0.769. The molecule has 174 valence electrons. The molecule has 11 nitrogen and oxygen atoms in total.